The van der Waals surface area contributed by atoms with Crippen LogP contribution in [-0.4, -0.2) is 16.5 Å². The van der Waals surface area contributed by atoms with E-state index < -0.39 is 11.6 Å². The van der Waals surface area contributed by atoms with Crippen molar-refractivity contribution in [2.75, 3.05) is 11.9 Å². The van der Waals surface area contributed by atoms with Crippen molar-refractivity contribution in [1.82, 2.24) is 9.97 Å². The molecule has 108 valence electrons. The standard InChI is InChI=1S/C16H15F2N3/c17-11-9-13(18)16-14(10-11)20-15(21-16)7-4-8-19-12-5-2-1-3-6-12/h1-3,5-6,9-10,19H,4,7-8H2,(H,20,21). The quantitative estimate of drug-likeness (QED) is 0.699. The summed E-state index contributed by atoms with van der Waals surface area (Å²) in [6, 6.07) is 12.0. The summed E-state index contributed by atoms with van der Waals surface area (Å²) >= 11 is 0. The third-order valence-corrected chi connectivity index (χ3v) is 3.25. The molecule has 3 rings (SSSR count). The first-order chi connectivity index (χ1) is 10.2. The second-order valence-corrected chi connectivity index (χ2v) is 4.86. The molecule has 0 aliphatic heterocycles. The molecule has 0 fully saturated rings. The number of nitrogens with one attached hydrogen (secondary N) is 2. The highest BCUT2D eigenvalue weighted by atomic mass is 19.1. The molecule has 1 aromatic heterocycles. The molecule has 0 radical (unpaired) electrons. The number of H-pyrrole nitrogens is 1. The minimum Gasteiger partial charge on any atom is -0.385 e. The van der Waals surface area contributed by atoms with Crippen LogP contribution in [0.15, 0.2) is 42.5 Å². The van der Waals surface area contributed by atoms with Crippen molar-refractivity contribution in [3.05, 3.63) is 59.9 Å². The van der Waals surface area contributed by atoms with Crippen LogP contribution < -0.4 is 5.32 Å². The highest BCUT2D eigenvalue weighted by Gasteiger charge is 2.09. The molecule has 0 amide bonds. The van der Waals surface area contributed by atoms with Gasteiger partial charge in [-0.1, -0.05) is 18.2 Å². The van der Waals surface area contributed by atoms with Gasteiger partial charge in [-0.15, -0.1) is 0 Å². The summed E-state index contributed by atoms with van der Waals surface area (Å²) in [6.07, 6.45) is 1.52. The lowest BCUT2D eigenvalue weighted by molar-refractivity contribution is 0.590. The van der Waals surface area contributed by atoms with E-state index in [-0.39, 0.29) is 5.52 Å². The number of nitrogens with zero attached hydrogens (tertiary/aromatic N) is 1. The van der Waals surface area contributed by atoms with Gasteiger partial charge >= 0.3 is 0 Å². The number of aryl methyl sites for hydroxylation is 1. The number of anilines is 1. The first-order valence-electron chi connectivity index (χ1n) is 6.85. The highest BCUT2D eigenvalue weighted by Crippen LogP contribution is 2.18. The highest BCUT2D eigenvalue weighted by molar-refractivity contribution is 5.75. The Kier molecular flexibility index (Phi) is 3.81. The lowest BCUT2D eigenvalue weighted by atomic mass is 10.2. The Bertz CT molecular complexity index is 738. The molecule has 3 aromatic rings. The van der Waals surface area contributed by atoms with Crippen LogP contribution in [0.1, 0.15) is 12.2 Å². The summed E-state index contributed by atoms with van der Waals surface area (Å²) in [7, 11) is 0. The smallest absolute Gasteiger partial charge is 0.153 e. The largest absolute Gasteiger partial charge is 0.385 e. The number of hydrogen-bond acceptors (Lipinski definition) is 2. The van der Waals surface area contributed by atoms with Crippen molar-refractivity contribution in [1.29, 1.82) is 0 Å². The molecule has 1 heterocycles. The first-order valence-corrected chi connectivity index (χ1v) is 6.85. The van der Waals surface area contributed by atoms with Crippen LogP contribution in [0, 0.1) is 11.6 Å². The zero-order valence-corrected chi connectivity index (χ0v) is 11.4. The Balaban J connectivity index is 1.59. The summed E-state index contributed by atoms with van der Waals surface area (Å²) in [4.78, 5) is 7.13. The molecular formula is C16H15F2N3. The average molecular weight is 287 g/mol. The van der Waals surface area contributed by atoms with Gasteiger partial charge in [-0.2, -0.15) is 0 Å². The van der Waals surface area contributed by atoms with Gasteiger partial charge in [-0.25, -0.2) is 13.8 Å². The van der Waals surface area contributed by atoms with E-state index in [1.807, 2.05) is 30.3 Å². The molecule has 0 atom stereocenters. The Labute approximate surface area is 121 Å². The first kappa shape index (κ1) is 13.5. The lowest BCUT2D eigenvalue weighted by Gasteiger charge is -2.04. The number of halogens is 2. The summed E-state index contributed by atoms with van der Waals surface area (Å²) in [5.74, 6) is -0.555. The number of rotatable bonds is 5. The molecule has 0 saturated carbocycles. The predicted molar refractivity (Wildman–Crippen MR) is 79.3 cm³/mol. The fourth-order valence-electron chi connectivity index (χ4n) is 2.26. The molecule has 2 aromatic carbocycles. The number of aromatic nitrogens is 2. The maximum absolute atomic E-state index is 13.5. The molecule has 5 heteroatoms. The van der Waals surface area contributed by atoms with Gasteiger partial charge in [0, 0.05) is 24.7 Å². The monoisotopic (exact) mass is 287 g/mol. The molecular weight excluding hydrogens is 272 g/mol. The van der Waals surface area contributed by atoms with E-state index in [0.29, 0.717) is 17.8 Å². The molecule has 0 unspecified atom stereocenters. The number of imidazole rings is 1. The normalized spacial score (nSPS) is 11.0. The van der Waals surface area contributed by atoms with E-state index in [1.54, 1.807) is 0 Å². The third-order valence-electron chi connectivity index (χ3n) is 3.25. The van der Waals surface area contributed by atoms with E-state index in [9.17, 15) is 8.78 Å². The number of benzene rings is 2. The average Bonchev–Trinajstić information content (AvgIpc) is 2.88. The minimum atomic E-state index is -0.630. The van der Waals surface area contributed by atoms with E-state index >= 15 is 0 Å². The summed E-state index contributed by atoms with van der Waals surface area (Å²) in [5.41, 5.74) is 1.66. The van der Waals surface area contributed by atoms with Crippen molar-refractivity contribution < 1.29 is 8.78 Å². The fraction of sp³-hybridized carbons (Fsp3) is 0.188. The Hall–Kier alpha value is -2.43. The lowest BCUT2D eigenvalue weighted by Crippen LogP contribution is -2.03. The van der Waals surface area contributed by atoms with Crippen LogP contribution in [0.25, 0.3) is 11.0 Å². The molecule has 21 heavy (non-hydrogen) atoms. The molecule has 0 saturated heterocycles. The molecule has 0 spiro atoms. The maximum atomic E-state index is 13.5. The van der Waals surface area contributed by atoms with Gasteiger partial charge in [-0.3, -0.25) is 0 Å². The fourth-order valence-corrected chi connectivity index (χ4v) is 2.26. The zero-order valence-electron chi connectivity index (χ0n) is 11.4. The Morgan fingerprint density at radius 3 is 2.71 bits per heavy atom. The van der Waals surface area contributed by atoms with Crippen LogP contribution in [-0.2, 0) is 6.42 Å². The van der Waals surface area contributed by atoms with E-state index in [0.717, 1.165) is 24.7 Å². The van der Waals surface area contributed by atoms with Crippen molar-refractivity contribution in [3.63, 3.8) is 0 Å². The number of para-hydroxylation sites is 1. The predicted octanol–water partition coefficient (Wildman–Crippen LogP) is 3.89. The molecule has 3 nitrogen and oxygen atoms in total. The molecule has 0 aliphatic rings. The van der Waals surface area contributed by atoms with Crippen molar-refractivity contribution in [2.24, 2.45) is 0 Å². The van der Waals surface area contributed by atoms with Gasteiger partial charge in [0.05, 0.1) is 5.52 Å². The second-order valence-electron chi connectivity index (χ2n) is 4.86. The van der Waals surface area contributed by atoms with Gasteiger partial charge in [-0.05, 0) is 24.6 Å². The van der Waals surface area contributed by atoms with Gasteiger partial charge in [0.2, 0.25) is 0 Å². The second kappa shape index (κ2) is 5.91. The van der Waals surface area contributed by atoms with Crippen LogP contribution in [0.2, 0.25) is 0 Å². The van der Waals surface area contributed by atoms with E-state index in [4.69, 9.17) is 0 Å². The number of aromatic amines is 1. The van der Waals surface area contributed by atoms with Gasteiger partial charge in [0.15, 0.2) is 5.82 Å². The summed E-state index contributed by atoms with van der Waals surface area (Å²) in [6.45, 7) is 0.790. The Morgan fingerprint density at radius 2 is 1.90 bits per heavy atom. The van der Waals surface area contributed by atoms with Crippen molar-refractivity contribution in [3.8, 4) is 0 Å². The summed E-state index contributed by atoms with van der Waals surface area (Å²) in [5, 5.41) is 3.29. The minimum absolute atomic E-state index is 0.197. The third kappa shape index (κ3) is 3.18. The zero-order chi connectivity index (χ0) is 14.7. The summed E-state index contributed by atoms with van der Waals surface area (Å²) < 4.78 is 26.6. The van der Waals surface area contributed by atoms with E-state index in [1.165, 1.54) is 6.07 Å². The molecule has 0 aliphatic carbocycles. The van der Waals surface area contributed by atoms with Gasteiger partial charge in [0.25, 0.3) is 0 Å². The van der Waals surface area contributed by atoms with Crippen molar-refractivity contribution >= 4 is 16.7 Å². The molecule has 2 N–H and O–H groups in total. The van der Waals surface area contributed by atoms with Gasteiger partial charge in [0.1, 0.15) is 17.2 Å². The molecule has 0 bridgehead atoms. The van der Waals surface area contributed by atoms with Crippen LogP contribution >= 0.6 is 0 Å². The van der Waals surface area contributed by atoms with Crippen LogP contribution in [0.5, 0.6) is 0 Å². The maximum Gasteiger partial charge on any atom is 0.153 e. The van der Waals surface area contributed by atoms with Crippen LogP contribution in [0.3, 0.4) is 0 Å². The number of fused-ring (bicyclic) bond motifs is 1. The van der Waals surface area contributed by atoms with Crippen LogP contribution in [0.4, 0.5) is 14.5 Å². The van der Waals surface area contributed by atoms with Gasteiger partial charge < -0.3 is 10.3 Å². The Morgan fingerprint density at radius 1 is 1.10 bits per heavy atom. The SMILES string of the molecule is Fc1cc(F)c2nc(CCCNc3ccccc3)[nH]c2c1. The van der Waals surface area contributed by atoms with E-state index in [2.05, 4.69) is 15.3 Å². The topological polar surface area (TPSA) is 40.7 Å². The van der Waals surface area contributed by atoms with Crippen molar-refractivity contribution in [2.45, 2.75) is 12.8 Å². The number of hydrogen-bond donors (Lipinski definition) is 2.